The Kier molecular flexibility index (Phi) is 6.00. The van der Waals surface area contributed by atoms with Crippen LogP contribution in [0.1, 0.15) is 25.3 Å². The molecule has 0 atom stereocenters. The Labute approximate surface area is 147 Å². The van der Waals surface area contributed by atoms with Gasteiger partial charge in [-0.15, -0.1) is 0 Å². The molecule has 2 aromatic carbocycles. The lowest BCUT2D eigenvalue weighted by molar-refractivity contribution is -0.133. The molecule has 0 saturated carbocycles. The molecule has 0 spiro atoms. The van der Waals surface area contributed by atoms with Crippen LogP contribution in [0.15, 0.2) is 42.5 Å². The number of ether oxygens (including phenoxy) is 2. The molecule has 2 amide bonds. The third-order valence-corrected chi connectivity index (χ3v) is 3.69. The van der Waals surface area contributed by atoms with Gasteiger partial charge in [-0.25, -0.2) is 0 Å². The van der Waals surface area contributed by atoms with E-state index >= 15 is 0 Å². The number of para-hydroxylation sites is 1. The minimum atomic E-state index is -0.787. The van der Waals surface area contributed by atoms with E-state index in [0.29, 0.717) is 22.9 Å². The topological polar surface area (TPSA) is 76.7 Å². The first-order valence-electron chi connectivity index (χ1n) is 7.89. The second-order valence-electron chi connectivity index (χ2n) is 5.72. The maximum absolute atomic E-state index is 12.3. The molecule has 2 aromatic rings. The van der Waals surface area contributed by atoms with Crippen LogP contribution in [0.25, 0.3) is 0 Å². The zero-order valence-corrected chi connectivity index (χ0v) is 14.8. The number of hydrogen-bond acceptors (Lipinski definition) is 4. The van der Waals surface area contributed by atoms with E-state index in [2.05, 4.69) is 10.6 Å². The Morgan fingerprint density at radius 2 is 1.52 bits per heavy atom. The van der Waals surface area contributed by atoms with Crippen molar-refractivity contribution < 1.29 is 19.1 Å². The van der Waals surface area contributed by atoms with Crippen LogP contribution in [-0.2, 0) is 9.59 Å². The van der Waals surface area contributed by atoms with E-state index in [9.17, 15) is 9.59 Å². The number of carbonyl (C=O) groups excluding carboxylic acids is 2. The summed E-state index contributed by atoms with van der Waals surface area (Å²) in [6.07, 6.45) is 0. The van der Waals surface area contributed by atoms with Crippen LogP contribution in [-0.4, -0.2) is 26.0 Å². The molecule has 0 unspecified atom stereocenters. The summed E-state index contributed by atoms with van der Waals surface area (Å²) < 4.78 is 10.3. The van der Waals surface area contributed by atoms with Gasteiger partial charge in [0.25, 0.3) is 0 Å². The summed E-state index contributed by atoms with van der Waals surface area (Å²) >= 11 is 0. The van der Waals surface area contributed by atoms with E-state index < -0.39 is 11.8 Å². The van der Waals surface area contributed by atoms with Gasteiger partial charge in [0.1, 0.15) is 11.5 Å². The molecule has 0 heterocycles. The summed E-state index contributed by atoms with van der Waals surface area (Å²) in [6.45, 7) is 4.04. The fourth-order valence-electron chi connectivity index (χ4n) is 2.38. The average molecular weight is 342 g/mol. The molecule has 25 heavy (non-hydrogen) atoms. The minimum absolute atomic E-state index is 0.220. The second-order valence-corrected chi connectivity index (χ2v) is 5.72. The van der Waals surface area contributed by atoms with Gasteiger partial charge in [0.2, 0.25) is 0 Å². The number of rotatable bonds is 5. The van der Waals surface area contributed by atoms with E-state index in [1.165, 1.54) is 14.2 Å². The Balaban J connectivity index is 2.15. The molecular weight excluding hydrogens is 320 g/mol. The summed E-state index contributed by atoms with van der Waals surface area (Å²) in [5, 5.41) is 5.20. The monoisotopic (exact) mass is 342 g/mol. The average Bonchev–Trinajstić information content (AvgIpc) is 2.61. The lowest BCUT2D eigenvalue weighted by Gasteiger charge is -2.14. The Bertz CT molecular complexity index is 772. The van der Waals surface area contributed by atoms with Gasteiger partial charge in [0.15, 0.2) is 0 Å². The van der Waals surface area contributed by atoms with E-state index in [1.807, 2.05) is 32.0 Å². The van der Waals surface area contributed by atoms with Crippen LogP contribution in [0.5, 0.6) is 11.5 Å². The molecule has 2 N–H and O–H groups in total. The Hall–Kier alpha value is -3.02. The number of methoxy groups -OCH3 is 2. The van der Waals surface area contributed by atoms with Crippen molar-refractivity contribution in [3.05, 3.63) is 48.0 Å². The minimum Gasteiger partial charge on any atom is -0.497 e. The van der Waals surface area contributed by atoms with Gasteiger partial charge in [-0.1, -0.05) is 32.0 Å². The molecular formula is C19H22N2O4. The summed E-state index contributed by atoms with van der Waals surface area (Å²) in [4.78, 5) is 24.5. The smallest absolute Gasteiger partial charge is 0.314 e. The van der Waals surface area contributed by atoms with Crippen molar-refractivity contribution >= 4 is 23.2 Å². The predicted molar refractivity (Wildman–Crippen MR) is 97.3 cm³/mol. The van der Waals surface area contributed by atoms with Gasteiger partial charge in [-0.3, -0.25) is 9.59 Å². The SMILES string of the molecule is COc1ccc(OC)c(NC(=O)C(=O)Nc2ccccc2C(C)C)c1. The van der Waals surface area contributed by atoms with Crippen molar-refractivity contribution in [1.29, 1.82) is 0 Å². The molecule has 0 radical (unpaired) electrons. The first-order valence-corrected chi connectivity index (χ1v) is 7.89. The van der Waals surface area contributed by atoms with Crippen LogP contribution in [0, 0.1) is 0 Å². The van der Waals surface area contributed by atoms with Gasteiger partial charge < -0.3 is 20.1 Å². The molecule has 0 aromatic heterocycles. The van der Waals surface area contributed by atoms with Crippen molar-refractivity contribution in [1.82, 2.24) is 0 Å². The predicted octanol–water partition coefficient (Wildman–Crippen LogP) is 3.40. The van der Waals surface area contributed by atoms with Crippen molar-refractivity contribution in [3.8, 4) is 11.5 Å². The van der Waals surface area contributed by atoms with Gasteiger partial charge in [0, 0.05) is 11.8 Å². The van der Waals surface area contributed by atoms with Gasteiger partial charge >= 0.3 is 11.8 Å². The zero-order valence-electron chi connectivity index (χ0n) is 14.8. The van der Waals surface area contributed by atoms with Gasteiger partial charge in [0.05, 0.1) is 19.9 Å². The fraction of sp³-hybridized carbons (Fsp3) is 0.263. The third-order valence-electron chi connectivity index (χ3n) is 3.69. The second kappa shape index (κ2) is 8.19. The Morgan fingerprint density at radius 3 is 2.12 bits per heavy atom. The maximum Gasteiger partial charge on any atom is 0.314 e. The third kappa shape index (κ3) is 4.50. The molecule has 6 heteroatoms. The number of anilines is 2. The highest BCUT2D eigenvalue weighted by Crippen LogP contribution is 2.29. The Morgan fingerprint density at radius 1 is 0.880 bits per heavy atom. The number of carbonyl (C=O) groups is 2. The summed E-state index contributed by atoms with van der Waals surface area (Å²) in [7, 11) is 3.00. The van der Waals surface area contributed by atoms with E-state index in [4.69, 9.17) is 9.47 Å². The highest BCUT2D eigenvalue weighted by molar-refractivity contribution is 6.43. The largest absolute Gasteiger partial charge is 0.497 e. The maximum atomic E-state index is 12.3. The van der Waals surface area contributed by atoms with Crippen LogP contribution >= 0.6 is 0 Å². The van der Waals surface area contributed by atoms with Gasteiger partial charge in [-0.05, 0) is 29.7 Å². The lowest BCUT2D eigenvalue weighted by atomic mass is 10.0. The summed E-state index contributed by atoms with van der Waals surface area (Å²) in [5.74, 6) is -0.340. The van der Waals surface area contributed by atoms with Crippen molar-refractivity contribution in [2.45, 2.75) is 19.8 Å². The van der Waals surface area contributed by atoms with E-state index in [-0.39, 0.29) is 5.92 Å². The quantitative estimate of drug-likeness (QED) is 0.817. The summed E-state index contributed by atoms with van der Waals surface area (Å²) in [5.41, 5.74) is 1.94. The fourth-order valence-corrected chi connectivity index (χ4v) is 2.38. The standard InChI is InChI=1S/C19H22N2O4/c1-12(2)14-7-5-6-8-15(14)20-18(22)19(23)21-16-11-13(24-3)9-10-17(16)25-4/h5-12H,1-4H3,(H,20,22)(H,21,23). The molecule has 0 aliphatic rings. The molecule has 6 nitrogen and oxygen atoms in total. The number of benzene rings is 2. The van der Waals surface area contributed by atoms with Crippen molar-refractivity contribution in [2.75, 3.05) is 24.9 Å². The number of amides is 2. The van der Waals surface area contributed by atoms with Crippen molar-refractivity contribution in [3.63, 3.8) is 0 Å². The van der Waals surface area contributed by atoms with Crippen LogP contribution < -0.4 is 20.1 Å². The first kappa shape index (κ1) is 18.3. The summed E-state index contributed by atoms with van der Waals surface area (Å²) in [6, 6.07) is 12.3. The van der Waals surface area contributed by atoms with Crippen molar-refractivity contribution in [2.24, 2.45) is 0 Å². The highest BCUT2D eigenvalue weighted by atomic mass is 16.5. The lowest BCUT2D eigenvalue weighted by Crippen LogP contribution is -2.29. The zero-order chi connectivity index (χ0) is 18.4. The first-order chi connectivity index (χ1) is 12.0. The number of nitrogens with one attached hydrogen (secondary N) is 2. The number of hydrogen-bond donors (Lipinski definition) is 2. The molecule has 132 valence electrons. The molecule has 0 fully saturated rings. The van der Waals surface area contributed by atoms with Crippen LogP contribution in [0.2, 0.25) is 0 Å². The van der Waals surface area contributed by atoms with Gasteiger partial charge in [-0.2, -0.15) is 0 Å². The molecule has 0 aliphatic heterocycles. The molecule has 0 saturated heterocycles. The van der Waals surface area contributed by atoms with Crippen LogP contribution in [0.3, 0.4) is 0 Å². The normalized spacial score (nSPS) is 10.3. The van der Waals surface area contributed by atoms with Crippen LogP contribution in [0.4, 0.5) is 11.4 Å². The van der Waals surface area contributed by atoms with E-state index in [0.717, 1.165) is 5.56 Å². The highest BCUT2D eigenvalue weighted by Gasteiger charge is 2.18. The molecule has 2 rings (SSSR count). The molecule has 0 aliphatic carbocycles. The molecule has 0 bridgehead atoms. The van der Waals surface area contributed by atoms with E-state index in [1.54, 1.807) is 24.3 Å².